The fraction of sp³-hybridized carbons (Fsp3) is 0.647. The number of rotatable bonds is 12. The molecule has 3 amide bonds. The van der Waals surface area contributed by atoms with Gasteiger partial charge in [0.15, 0.2) is 12.5 Å². The third-order valence-corrected chi connectivity index (χ3v) is 5.76. The van der Waals surface area contributed by atoms with Crippen molar-refractivity contribution in [1.82, 2.24) is 19.9 Å². The van der Waals surface area contributed by atoms with Crippen molar-refractivity contribution in [3.05, 3.63) is 17.8 Å². The number of sulfonamides is 1. The van der Waals surface area contributed by atoms with E-state index in [-0.39, 0.29) is 24.1 Å². The van der Waals surface area contributed by atoms with Gasteiger partial charge in [0.1, 0.15) is 6.54 Å². The Morgan fingerprint density at radius 2 is 2.03 bits per heavy atom. The minimum Gasteiger partial charge on any atom is -0.473 e. The van der Waals surface area contributed by atoms with E-state index in [0.29, 0.717) is 31.4 Å². The number of amides is 3. The van der Waals surface area contributed by atoms with Gasteiger partial charge in [0.2, 0.25) is 15.9 Å². The molecule has 0 bridgehead atoms. The number of aromatic amines is 1. The molecule has 2 rings (SSSR count). The van der Waals surface area contributed by atoms with Crippen LogP contribution >= 0.6 is 0 Å². The van der Waals surface area contributed by atoms with Gasteiger partial charge in [-0.1, -0.05) is 6.42 Å². The van der Waals surface area contributed by atoms with Crippen molar-refractivity contribution < 1.29 is 31.5 Å². The topological polar surface area (TPSA) is 121 Å². The smallest absolute Gasteiger partial charge is 0.324 e. The van der Waals surface area contributed by atoms with Crippen LogP contribution in [0.3, 0.4) is 0 Å². The number of hydrogen-bond donors (Lipinski definition) is 3. The van der Waals surface area contributed by atoms with Crippen molar-refractivity contribution in [3.63, 3.8) is 0 Å². The summed E-state index contributed by atoms with van der Waals surface area (Å²) in [5, 5.41) is 2.18. The molecule has 1 aromatic rings. The first-order chi connectivity index (χ1) is 13.5. The number of nitrogens with zero attached hydrogens (tertiary/aromatic N) is 1. The van der Waals surface area contributed by atoms with Crippen molar-refractivity contribution in [1.29, 1.82) is 0 Å². The molecule has 9 nitrogen and oxygen atoms in total. The lowest BCUT2D eigenvalue weighted by molar-refractivity contribution is -0.118. The molecule has 1 unspecified atom stereocenters. The summed E-state index contributed by atoms with van der Waals surface area (Å²) in [6.45, 7) is 2.04. The maximum Gasteiger partial charge on any atom is 0.324 e. The number of halogens is 2. The summed E-state index contributed by atoms with van der Waals surface area (Å²) in [5.74, 6) is -3.25. The van der Waals surface area contributed by atoms with Gasteiger partial charge in [-0.15, -0.1) is 0 Å². The number of nitrogens with one attached hydrogen (secondary N) is 3. The second-order valence-electron chi connectivity index (χ2n) is 7.15. The van der Waals surface area contributed by atoms with Crippen LogP contribution in [0.1, 0.15) is 44.7 Å². The standard InChI is InChI=1S/C17H26F2N4O5S/c1-12(13-8-15(20-9-13)28-11-17(2,18)19)22-29(26,27)7-5-3-4-6-23-10-14(24)21-16(23)25/h8-9,12,20,22H,3-7,10-11H2,1-2H3,(H,21,24,25). The lowest BCUT2D eigenvalue weighted by atomic mass is 10.2. The Labute approximate surface area is 168 Å². The summed E-state index contributed by atoms with van der Waals surface area (Å²) in [4.78, 5) is 26.5. The minimum absolute atomic E-state index is 0.0362. The first-order valence-electron chi connectivity index (χ1n) is 9.23. The van der Waals surface area contributed by atoms with Crippen molar-refractivity contribution in [3.8, 4) is 5.88 Å². The Bertz CT molecular complexity index is 822. The van der Waals surface area contributed by atoms with E-state index < -0.39 is 34.6 Å². The zero-order chi connectivity index (χ0) is 21.7. The number of imide groups is 1. The molecule has 29 heavy (non-hydrogen) atoms. The van der Waals surface area contributed by atoms with Gasteiger partial charge in [0, 0.05) is 31.8 Å². The molecule has 1 aromatic heterocycles. The van der Waals surface area contributed by atoms with Crippen molar-refractivity contribution >= 4 is 22.0 Å². The lowest BCUT2D eigenvalue weighted by Gasteiger charge is -2.14. The van der Waals surface area contributed by atoms with E-state index in [1.165, 1.54) is 17.2 Å². The molecule has 2 heterocycles. The van der Waals surface area contributed by atoms with Gasteiger partial charge in [-0.25, -0.2) is 26.7 Å². The highest BCUT2D eigenvalue weighted by molar-refractivity contribution is 7.89. The number of urea groups is 1. The van der Waals surface area contributed by atoms with Crippen LogP contribution in [0.15, 0.2) is 12.3 Å². The molecule has 0 spiro atoms. The fourth-order valence-corrected chi connectivity index (χ4v) is 4.14. The predicted molar refractivity (Wildman–Crippen MR) is 101 cm³/mol. The summed E-state index contributed by atoms with van der Waals surface area (Å²) in [6, 6.07) is 0.493. The Morgan fingerprint density at radius 3 is 2.66 bits per heavy atom. The Balaban J connectivity index is 1.71. The quantitative estimate of drug-likeness (QED) is 0.341. The molecule has 1 saturated heterocycles. The number of ether oxygens (including phenoxy) is 1. The number of H-pyrrole nitrogens is 1. The molecule has 164 valence electrons. The van der Waals surface area contributed by atoms with Gasteiger partial charge >= 0.3 is 6.03 Å². The molecule has 1 aliphatic heterocycles. The number of unbranched alkanes of at least 4 members (excludes halogenated alkanes) is 2. The van der Waals surface area contributed by atoms with Crippen LogP contribution in [0.5, 0.6) is 5.88 Å². The van der Waals surface area contributed by atoms with Gasteiger partial charge in [-0.2, -0.15) is 0 Å². The third-order valence-electron chi connectivity index (χ3n) is 4.23. The minimum atomic E-state index is -3.55. The summed E-state index contributed by atoms with van der Waals surface area (Å²) in [5.41, 5.74) is 0.563. The highest BCUT2D eigenvalue weighted by Gasteiger charge is 2.26. The number of hydrogen-bond acceptors (Lipinski definition) is 5. The molecule has 12 heteroatoms. The van der Waals surface area contributed by atoms with E-state index in [9.17, 15) is 26.8 Å². The monoisotopic (exact) mass is 436 g/mol. The van der Waals surface area contributed by atoms with Crippen molar-refractivity contribution in [2.45, 2.75) is 45.1 Å². The van der Waals surface area contributed by atoms with Gasteiger partial charge in [0.25, 0.3) is 5.92 Å². The largest absolute Gasteiger partial charge is 0.473 e. The van der Waals surface area contributed by atoms with E-state index in [2.05, 4.69) is 15.0 Å². The molecular weight excluding hydrogens is 410 g/mol. The van der Waals surface area contributed by atoms with Crippen LogP contribution in [-0.4, -0.2) is 61.6 Å². The Kier molecular flexibility index (Phi) is 7.58. The molecule has 3 N–H and O–H groups in total. The van der Waals surface area contributed by atoms with Gasteiger partial charge in [0.05, 0.1) is 5.75 Å². The molecule has 0 saturated carbocycles. The normalized spacial score (nSPS) is 16.2. The molecule has 1 aliphatic rings. The SMILES string of the molecule is CC(NS(=O)(=O)CCCCCN1CC(=O)NC1=O)c1c[nH]c(OCC(C)(F)F)c1. The van der Waals surface area contributed by atoms with Gasteiger partial charge in [-0.3, -0.25) is 10.1 Å². The number of carbonyl (C=O) groups excluding carboxylic acids is 2. The van der Waals surface area contributed by atoms with E-state index in [1.807, 2.05) is 0 Å². The second kappa shape index (κ2) is 9.53. The maximum atomic E-state index is 12.8. The fourth-order valence-electron chi connectivity index (χ4n) is 2.76. The van der Waals surface area contributed by atoms with Crippen LogP contribution in [-0.2, 0) is 14.8 Å². The lowest BCUT2D eigenvalue weighted by Crippen LogP contribution is -2.30. The zero-order valence-electron chi connectivity index (χ0n) is 16.3. The molecular formula is C17H26F2N4O5S. The van der Waals surface area contributed by atoms with Crippen LogP contribution in [0.25, 0.3) is 0 Å². The van der Waals surface area contributed by atoms with E-state index in [4.69, 9.17) is 4.74 Å². The van der Waals surface area contributed by atoms with Crippen LogP contribution in [0.4, 0.5) is 13.6 Å². The second-order valence-corrected chi connectivity index (χ2v) is 9.02. The average Bonchev–Trinajstić information content (AvgIpc) is 3.18. The zero-order valence-corrected chi connectivity index (χ0v) is 17.2. The Hall–Kier alpha value is -2.21. The number of carbonyl (C=O) groups is 2. The highest BCUT2D eigenvalue weighted by Crippen LogP contribution is 2.21. The van der Waals surface area contributed by atoms with Crippen LogP contribution < -0.4 is 14.8 Å². The van der Waals surface area contributed by atoms with E-state index in [1.54, 1.807) is 6.92 Å². The highest BCUT2D eigenvalue weighted by atomic mass is 32.2. The Morgan fingerprint density at radius 1 is 1.31 bits per heavy atom. The third kappa shape index (κ3) is 7.97. The van der Waals surface area contributed by atoms with Crippen LogP contribution in [0.2, 0.25) is 0 Å². The first kappa shape index (κ1) is 23.1. The maximum absolute atomic E-state index is 12.8. The average molecular weight is 436 g/mol. The molecule has 0 aliphatic carbocycles. The summed E-state index contributed by atoms with van der Waals surface area (Å²) >= 11 is 0. The predicted octanol–water partition coefficient (Wildman–Crippen LogP) is 1.75. The number of aromatic nitrogens is 1. The van der Waals surface area contributed by atoms with Crippen LogP contribution in [0, 0.1) is 0 Å². The van der Waals surface area contributed by atoms with E-state index in [0.717, 1.165) is 6.92 Å². The summed E-state index contributed by atoms with van der Waals surface area (Å²) < 4.78 is 57.6. The first-order valence-corrected chi connectivity index (χ1v) is 10.9. The summed E-state index contributed by atoms with van der Waals surface area (Å²) in [6.07, 6.45) is 3.07. The molecule has 1 fully saturated rings. The van der Waals surface area contributed by atoms with Gasteiger partial charge < -0.3 is 14.6 Å². The van der Waals surface area contributed by atoms with Crippen molar-refractivity contribution in [2.24, 2.45) is 0 Å². The molecule has 1 atom stereocenters. The van der Waals surface area contributed by atoms with Crippen molar-refractivity contribution in [2.75, 3.05) is 25.4 Å². The number of alkyl halides is 2. The van der Waals surface area contributed by atoms with E-state index >= 15 is 0 Å². The molecule has 0 aromatic carbocycles. The van der Waals surface area contributed by atoms with Gasteiger partial charge in [-0.05, 0) is 25.3 Å². The molecule has 0 radical (unpaired) electrons. The summed E-state index contributed by atoms with van der Waals surface area (Å²) in [7, 11) is -3.55.